The highest BCUT2D eigenvalue weighted by Gasteiger charge is 2.61. The highest BCUT2D eigenvalue weighted by atomic mass is 35.5. The molecule has 0 aliphatic heterocycles. The maximum absolute atomic E-state index is 13.0. The van der Waals surface area contributed by atoms with Crippen LogP contribution in [0, 0.1) is 0 Å². The van der Waals surface area contributed by atoms with Crippen molar-refractivity contribution in [2.75, 3.05) is 0 Å². The molecule has 16 heavy (non-hydrogen) atoms. The Bertz CT molecular complexity index is 261. The summed E-state index contributed by atoms with van der Waals surface area (Å²) in [6.07, 6.45) is -1.65. The van der Waals surface area contributed by atoms with Gasteiger partial charge in [-0.3, -0.25) is 4.79 Å². The molecule has 1 aliphatic carbocycles. The molecule has 1 rings (SSSR count). The molecule has 1 saturated carbocycles. The van der Waals surface area contributed by atoms with Crippen LogP contribution in [0.15, 0.2) is 0 Å². The summed E-state index contributed by atoms with van der Waals surface area (Å²) < 4.78 is 49.2. The van der Waals surface area contributed by atoms with Gasteiger partial charge in [-0.05, 0) is 12.8 Å². The SMILES string of the molecule is O=C(NC1CCCCC1)[C@@](F)(Cl)C(F)(F)F. The van der Waals surface area contributed by atoms with Crippen LogP contribution < -0.4 is 5.32 Å². The highest BCUT2D eigenvalue weighted by molar-refractivity contribution is 6.34. The Morgan fingerprint density at radius 1 is 1.12 bits per heavy atom. The third-order valence-electron chi connectivity index (χ3n) is 2.58. The van der Waals surface area contributed by atoms with Gasteiger partial charge in [-0.2, -0.15) is 13.2 Å². The Balaban J connectivity index is 2.57. The van der Waals surface area contributed by atoms with E-state index in [4.69, 9.17) is 0 Å². The lowest BCUT2D eigenvalue weighted by atomic mass is 9.95. The number of carbonyl (C=O) groups excluding carboxylic acids is 1. The van der Waals surface area contributed by atoms with E-state index in [-0.39, 0.29) is 0 Å². The van der Waals surface area contributed by atoms with E-state index < -0.39 is 23.3 Å². The number of hydrogen-bond donors (Lipinski definition) is 1. The van der Waals surface area contributed by atoms with Crippen LogP contribution in [0.4, 0.5) is 17.6 Å². The topological polar surface area (TPSA) is 29.1 Å². The van der Waals surface area contributed by atoms with Gasteiger partial charge >= 0.3 is 11.3 Å². The molecular formula is C9H12ClF4NO. The van der Waals surface area contributed by atoms with Crippen LogP contribution in [0.5, 0.6) is 0 Å². The van der Waals surface area contributed by atoms with Gasteiger partial charge in [-0.1, -0.05) is 30.9 Å². The third kappa shape index (κ3) is 2.99. The summed E-state index contributed by atoms with van der Waals surface area (Å²) >= 11 is 4.58. The van der Waals surface area contributed by atoms with Gasteiger partial charge in [-0.25, -0.2) is 4.39 Å². The van der Waals surface area contributed by atoms with Crippen molar-refractivity contribution in [3.8, 4) is 0 Å². The largest absolute Gasteiger partial charge is 0.446 e. The van der Waals surface area contributed by atoms with Gasteiger partial charge in [0.15, 0.2) is 0 Å². The molecule has 0 unspecified atom stereocenters. The minimum Gasteiger partial charge on any atom is -0.349 e. The number of carbonyl (C=O) groups is 1. The molecular weight excluding hydrogens is 250 g/mol. The predicted octanol–water partition coefficient (Wildman–Crippen LogP) is 2.90. The molecule has 1 N–H and O–H groups in total. The molecule has 0 heterocycles. The standard InChI is InChI=1S/C9H12ClF4NO/c10-8(11,9(12,13)14)7(16)15-6-4-2-1-3-5-6/h6H,1-5H2,(H,15,16)/t8-/m0/s1. The van der Waals surface area contributed by atoms with Gasteiger partial charge in [0.05, 0.1) is 0 Å². The zero-order valence-corrected chi connectivity index (χ0v) is 9.17. The van der Waals surface area contributed by atoms with Gasteiger partial charge < -0.3 is 5.32 Å². The van der Waals surface area contributed by atoms with Crippen molar-refractivity contribution in [3.05, 3.63) is 0 Å². The van der Waals surface area contributed by atoms with E-state index in [1.807, 2.05) is 5.32 Å². The van der Waals surface area contributed by atoms with E-state index >= 15 is 0 Å². The van der Waals surface area contributed by atoms with Crippen molar-refractivity contribution >= 4 is 17.5 Å². The second kappa shape index (κ2) is 4.77. The van der Waals surface area contributed by atoms with Gasteiger partial charge in [0.2, 0.25) is 0 Å². The van der Waals surface area contributed by atoms with Crippen molar-refractivity contribution in [1.29, 1.82) is 0 Å². The van der Waals surface area contributed by atoms with Gasteiger partial charge in [-0.15, -0.1) is 0 Å². The lowest BCUT2D eigenvalue weighted by Crippen LogP contribution is -2.52. The lowest BCUT2D eigenvalue weighted by Gasteiger charge is -2.26. The Labute approximate surface area is 95.3 Å². The zero-order valence-electron chi connectivity index (χ0n) is 8.41. The van der Waals surface area contributed by atoms with Crippen molar-refractivity contribution in [2.45, 2.75) is 49.5 Å². The van der Waals surface area contributed by atoms with Crippen LogP contribution in [0.25, 0.3) is 0 Å². The molecule has 1 amide bonds. The number of rotatable bonds is 2. The fourth-order valence-corrected chi connectivity index (χ4v) is 1.71. The van der Waals surface area contributed by atoms with Crippen molar-refractivity contribution < 1.29 is 22.4 Å². The monoisotopic (exact) mass is 261 g/mol. The van der Waals surface area contributed by atoms with E-state index in [2.05, 4.69) is 11.6 Å². The van der Waals surface area contributed by atoms with Crippen molar-refractivity contribution in [3.63, 3.8) is 0 Å². The summed E-state index contributed by atoms with van der Waals surface area (Å²) in [6.45, 7) is 0. The Morgan fingerprint density at radius 3 is 2.06 bits per heavy atom. The first-order valence-electron chi connectivity index (χ1n) is 5.00. The molecule has 1 fully saturated rings. The van der Waals surface area contributed by atoms with Gasteiger partial charge in [0, 0.05) is 6.04 Å². The summed E-state index contributed by atoms with van der Waals surface area (Å²) in [7, 11) is 0. The molecule has 2 nitrogen and oxygen atoms in total. The van der Waals surface area contributed by atoms with E-state index in [1.165, 1.54) is 0 Å². The lowest BCUT2D eigenvalue weighted by molar-refractivity contribution is -0.201. The maximum atomic E-state index is 13.0. The molecule has 0 aromatic carbocycles. The average molecular weight is 262 g/mol. The Kier molecular flexibility index (Phi) is 4.04. The molecule has 94 valence electrons. The van der Waals surface area contributed by atoms with E-state index in [0.717, 1.165) is 19.3 Å². The summed E-state index contributed by atoms with van der Waals surface area (Å²) in [4.78, 5) is 11.0. The molecule has 0 aromatic rings. The normalized spacial score (nSPS) is 22.6. The Hall–Kier alpha value is -0.520. The second-order valence-electron chi connectivity index (χ2n) is 3.88. The zero-order chi connectivity index (χ0) is 12.4. The van der Waals surface area contributed by atoms with E-state index in [9.17, 15) is 22.4 Å². The fraction of sp³-hybridized carbons (Fsp3) is 0.889. The first kappa shape index (κ1) is 13.5. The number of amides is 1. The van der Waals surface area contributed by atoms with Crippen LogP contribution in [-0.4, -0.2) is 23.3 Å². The molecule has 0 spiro atoms. The minimum atomic E-state index is -5.40. The van der Waals surface area contributed by atoms with Crippen LogP contribution in [-0.2, 0) is 4.79 Å². The highest BCUT2D eigenvalue weighted by Crippen LogP contribution is 2.38. The van der Waals surface area contributed by atoms with Crippen LogP contribution in [0.2, 0.25) is 0 Å². The van der Waals surface area contributed by atoms with Gasteiger partial charge in [0.1, 0.15) is 0 Å². The smallest absolute Gasteiger partial charge is 0.349 e. The van der Waals surface area contributed by atoms with Crippen LogP contribution in [0.3, 0.4) is 0 Å². The van der Waals surface area contributed by atoms with Crippen LogP contribution >= 0.6 is 11.6 Å². The molecule has 7 heteroatoms. The summed E-state index contributed by atoms with van der Waals surface area (Å²) in [5.41, 5.74) is 0. The first-order chi connectivity index (χ1) is 7.25. The van der Waals surface area contributed by atoms with Gasteiger partial charge in [0.25, 0.3) is 5.91 Å². The summed E-state index contributed by atoms with van der Waals surface area (Å²) in [5, 5.41) is -2.33. The fourth-order valence-electron chi connectivity index (χ4n) is 1.65. The van der Waals surface area contributed by atoms with Crippen LogP contribution in [0.1, 0.15) is 32.1 Å². The number of alkyl halides is 5. The summed E-state index contributed by atoms with van der Waals surface area (Å²) in [5.74, 6) is -1.81. The minimum absolute atomic E-state index is 0.405. The Morgan fingerprint density at radius 2 is 1.62 bits per heavy atom. The molecule has 0 saturated heterocycles. The predicted molar refractivity (Wildman–Crippen MR) is 50.8 cm³/mol. The molecule has 0 aromatic heterocycles. The second-order valence-corrected chi connectivity index (χ2v) is 4.40. The number of halogens is 5. The summed E-state index contributed by atoms with van der Waals surface area (Å²) in [6, 6.07) is -0.405. The molecule has 1 atom stereocenters. The number of hydrogen-bond acceptors (Lipinski definition) is 1. The third-order valence-corrected chi connectivity index (χ3v) is 2.97. The maximum Gasteiger partial charge on any atom is 0.446 e. The molecule has 0 radical (unpaired) electrons. The quantitative estimate of drug-likeness (QED) is 0.601. The van der Waals surface area contributed by atoms with E-state index in [1.54, 1.807) is 0 Å². The van der Waals surface area contributed by atoms with Crippen molar-refractivity contribution in [2.24, 2.45) is 0 Å². The van der Waals surface area contributed by atoms with Crippen molar-refractivity contribution in [1.82, 2.24) is 5.32 Å². The first-order valence-corrected chi connectivity index (χ1v) is 5.38. The molecule has 0 bridgehead atoms. The number of nitrogens with one attached hydrogen (secondary N) is 1. The molecule has 1 aliphatic rings. The average Bonchev–Trinajstić information content (AvgIpc) is 2.17. The van der Waals surface area contributed by atoms with E-state index in [0.29, 0.717) is 12.8 Å².